The van der Waals surface area contributed by atoms with Gasteiger partial charge in [-0.2, -0.15) is 0 Å². The van der Waals surface area contributed by atoms with Crippen LogP contribution in [0.3, 0.4) is 0 Å². The standard InChI is InChI=1S/C28H16N2O6/c31-27-21(13-11-19-7-3-1-4-8-19)15-23(17-25(27)29(33)34)24-16-22(28(32)26(18-24)30(35)36)14-12-20-9-5-2-6-10-20/h1-10,15-18,31-32H. The van der Waals surface area contributed by atoms with Gasteiger partial charge in [-0.15, -0.1) is 0 Å². The Morgan fingerprint density at radius 3 is 1.25 bits per heavy atom. The van der Waals surface area contributed by atoms with Gasteiger partial charge in [0, 0.05) is 23.3 Å². The van der Waals surface area contributed by atoms with E-state index in [1.807, 2.05) is 12.1 Å². The van der Waals surface area contributed by atoms with Gasteiger partial charge in [0.05, 0.1) is 21.0 Å². The van der Waals surface area contributed by atoms with E-state index >= 15 is 0 Å². The average molecular weight is 476 g/mol. The van der Waals surface area contributed by atoms with Gasteiger partial charge >= 0.3 is 11.4 Å². The second kappa shape index (κ2) is 10.1. The van der Waals surface area contributed by atoms with Crippen LogP contribution in [0.2, 0.25) is 0 Å². The number of nitro groups is 2. The van der Waals surface area contributed by atoms with E-state index < -0.39 is 32.7 Å². The van der Waals surface area contributed by atoms with Gasteiger partial charge in [0.1, 0.15) is 0 Å². The van der Waals surface area contributed by atoms with Gasteiger partial charge in [0.25, 0.3) is 0 Å². The van der Waals surface area contributed by atoms with Crippen molar-refractivity contribution in [3.8, 4) is 46.3 Å². The van der Waals surface area contributed by atoms with Gasteiger partial charge in [0.2, 0.25) is 11.5 Å². The maximum atomic E-state index is 11.6. The van der Waals surface area contributed by atoms with Crippen LogP contribution in [0.15, 0.2) is 84.9 Å². The molecule has 0 amide bonds. The summed E-state index contributed by atoms with van der Waals surface area (Å²) >= 11 is 0. The molecule has 0 radical (unpaired) electrons. The van der Waals surface area contributed by atoms with Crippen LogP contribution in [0.5, 0.6) is 11.5 Å². The molecule has 0 fully saturated rings. The molecule has 0 aliphatic rings. The van der Waals surface area contributed by atoms with Crippen molar-refractivity contribution in [3.63, 3.8) is 0 Å². The molecule has 0 spiro atoms. The first-order valence-electron chi connectivity index (χ1n) is 10.5. The van der Waals surface area contributed by atoms with Crippen molar-refractivity contribution in [1.82, 2.24) is 0 Å². The summed E-state index contributed by atoms with van der Waals surface area (Å²) in [5, 5.41) is 44.1. The minimum atomic E-state index is -0.766. The number of nitrogens with zero attached hydrogens (tertiary/aromatic N) is 2. The van der Waals surface area contributed by atoms with Crippen molar-refractivity contribution < 1.29 is 20.1 Å². The fourth-order valence-electron chi connectivity index (χ4n) is 3.36. The van der Waals surface area contributed by atoms with E-state index in [1.165, 1.54) is 12.1 Å². The molecule has 8 nitrogen and oxygen atoms in total. The highest BCUT2D eigenvalue weighted by Crippen LogP contribution is 2.39. The Labute approximate surface area is 205 Å². The lowest BCUT2D eigenvalue weighted by Gasteiger charge is -2.08. The van der Waals surface area contributed by atoms with Gasteiger partial charge in [-0.1, -0.05) is 60.1 Å². The zero-order valence-electron chi connectivity index (χ0n) is 18.5. The Hall–Kier alpha value is -5.60. The lowest BCUT2D eigenvalue weighted by Crippen LogP contribution is -1.95. The number of nitro benzene ring substituents is 2. The fraction of sp³-hybridized carbons (Fsp3) is 0. The van der Waals surface area contributed by atoms with E-state index in [0.29, 0.717) is 11.1 Å². The first-order chi connectivity index (χ1) is 17.3. The fourth-order valence-corrected chi connectivity index (χ4v) is 3.36. The zero-order valence-corrected chi connectivity index (χ0v) is 18.5. The summed E-state index contributed by atoms with van der Waals surface area (Å²) in [5.74, 6) is 9.88. The summed E-state index contributed by atoms with van der Waals surface area (Å²) in [5.41, 5.74) is 0.333. The molecule has 4 aromatic rings. The summed E-state index contributed by atoms with van der Waals surface area (Å²) < 4.78 is 0. The van der Waals surface area contributed by atoms with Crippen molar-refractivity contribution in [2.24, 2.45) is 0 Å². The monoisotopic (exact) mass is 476 g/mol. The molecule has 8 heteroatoms. The van der Waals surface area contributed by atoms with Gasteiger partial charge in [-0.05, 0) is 47.5 Å². The van der Waals surface area contributed by atoms with Crippen LogP contribution in [0.25, 0.3) is 11.1 Å². The smallest absolute Gasteiger partial charge is 0.312 e. The lowest BCUT2D eigenvalue weighted by atomic mass is 9.98. The molecule has 2 N–H and O–H groups in total. The molecule has 0 bridgehead atoms. The van der Waals surface area contributed by atoms with Crippen molar-refractivity contribution in [1.29, 1.82) is 0 Å². The summed E-state index contributed by atoms with van der Waals surface area (Å²) in [4.78, 5) is 21.7. The SMILES string of the molecule is O=[N+]([O-])c1cc(-c2cc(C#Cc3ccccc3)c(O)c([N+](=O)[O-])c2)cc(C#Cc2ccccc2)c1O. The van der Waals surface area contributed by atoms with E-state index in [-0.39, 0.29) is 22.3 Å². The Balaban J connectivity index is 1.90. The highest BCUT2D eigenvalue weighted by Gasteiger charge is 2.23. The predicted molar refractivity (Wildman–Crippen MR) is 133 cm³/mol. The molecule has 0 aliphatic heterocycles. The highest BCUT2D eigenvalue weighted by molar-refractivity contribution is 5.78. The summed E-state index contributed by atoms with van der Waals surface area (Å²) in [7, 11) is 0. The molecule has 0 aliphatic carbocycles. The largest absolute Gasteiger partial charge is 0.501 e. The molecular weight excluding hydrogens is 460 g/mol. The van der Waals surface area contributed by atoms with Gasteiger partial charge in [-0.25, -0.2) is 0 Å². The maximum Gasteiger partial charge on any atom is 0.312 e. The summed E-state index contributed by atoms with van der Waals surface area (Å²) in [6.45, 7) is 0. The number of benzene rings is 4. The number of phenols is 2. The van der Waals surface area contributed by atoms with Crippen LogP contribution in [0.1, 0.15) is 22.3 Å². The van der Waals surface area contributed by atoms with E-state index in [2.05, 4.69) is 23.7 Å². The number of rotatable bonds is 3. The van der Waals surface area contributed by atoms with Crippen LogP contribution in [-0.2, 0) is 0 Å². The molecule has 0 aromatic heterocycles. The number of hydrogen-bond donors (Lipinski definition) is 2. The molecular formula is C28H16N2O6. The molecule has 0 unspecified atom stereocenters. The maximum absolute atomic E-state index is 11.6. The first-order valence-corrected chi connectivity index (χ1v) is 10.5. The molecule has 0 atom stereocenters. The van der Waals surface area contributed by atoms with Crippen LogP contribution in [0, 0.1) is 43.9 Å². The Morgan fingerprint density at radius 2 is 0.917 bits per heavy atom. The van der Waals surface area contributed by atoms with Crippen molar-refractivity contribution >= 4 is 11.4 Å². The second-order valence-corrected chi connectivity index (χ2v) is 7.53. The van der Waals surface area contributed by atoms with Crippen molar-refractivity contribution in [3.05, 3.63) is 127 Å². The number of hydrogen-bond acceptors (Lipinski definition) is 6. The second-order valence-electron chi connectivity index (χ2n) is 7.53. The third-order valence-electron chi connectivity index (χ3n) is 5.14. The number of phenolic OH excluding ortho intramolecular Hbond substituents is 2. The van der Waals surface area contributed by atoms with E-state index in [9.17, 15) is 30.4 Å². The minimum absolute atomic E-state index is 0.0318. The third-order valence-corrected chi connectivity index (χ3v) is 5.14. The molecule has 4 rings (SSSR count). The van der Waals surface area contributed by atoms with E-state index in [1.54, 1.807) is 48.5 Å². The Morgan fingerprint density at radius 1 is 0.556 bits per heavy atom. The van der Waals surface area contributed by atoms with Gasteiger partial charge in [-0.3, -0.25) is 20.2 Å². The number of aromatic hydroxyl groups is 2. The molecule has 0 heterocycles. The average Bonchev–Trinajstić information content (AvgIpc) is 2.88. The summed E-state index contributed by atoms with van der Waals surface area (Å²) in [6.07, 6.45) is 0. The van der Waals surface area contributed by atoms with Crippen LogP contribution >= 0.6 is 0 Å². The van der Waals surface area contributed by atoms with Gasteiger partial charge in [0.15, 0.2) is 0 Å². The van der Waals surface area contributed by atoms with E-state index in [4.69, 9.17) is 0 Å². The molecule has 174 valence electrons. The van der Waals surface area contributed by atoms with Crippen LogP contribution < -0.4 is 0 Å². The molecule has 0 saturated carbocycles. The normalized spacial score (nSPS) is 9.89. The van der Waals surface area contributed by atoms with Crippen molar-refractivity contribution in [2.75, 3.05) is 0 Å². The zero-order chi connectivity index (χ0) is 25.7. The first kappa shape index (κ1) is 23.6. The summed E-state index contributed by atoms with van der Waals surface area (Å²) in [6, 6.07) is 22.6. The topological polar surface area (TPSA) is 127 Å². The van der Waals surface area contributed by atoms with Crippen LogP contribution in [-0.4, -0.2) is 20.1 Å². The molecule has 4 aromatic carbocycles. The lowest BCUT2D eigenvalue weighted by molar-refractivity contribution is -0.386. The van der Waals surface area contributed by atoms with Gasteiger partial charge < -0.3 is 10.2 Å². The minimum Gasteiger partial charge on any atom is -0.501 e. The van der Waals surface area contributed by atoms with E-state index in [0.717, 1.165) is 12.1 Å². The quantitative estimate of drug-likeness (QED) is 0.232. The Kier molecular flexibility index (Phi) is 6.62. The van der Waals surface area contributed by atoms with Crippen LogP contribution in [0.4, 0.5) is 11.4 Å². The van der Waals surface area contributed by atoms with Crippen molar-refractivity contribution in [2.45, 2.75) is 0 Å². The Bertz CT molecular complexity index is 1490. The molecule has 0 saturated heterocycles. The predicted octanol–water partition coefficient (Wildman–Crippen LogP) is 5.38. The highest BCUT2D eigenvalue weighted by atomic mass is 16.6. The third kappa shape index (κ3) is 5.14. The molecule has 36 heavy (non-hydrogen) atoms.